The zero-order valence-electron chi connectivity index (χ0n) is 11.3. The van der Waals surface area contributed by atoms with Crippen LogP contribution in [0.3, 0.4) is 0 Å². The molecular weight excluding hydrogens is 286 g/mol. The van der Waals surface area contributed by atoms with E-state index in [2.05, 4.69) is 15.3 Å². The van der Waals surface area contributed by atoms with Crippen molar-refractivity contribution in [1.29, 1.82) is 0 Å². The maximum Gasteiger partial charge on any atom is 0.232 e. The van der Waals surface area contributed by atoms with E-state index >= 15 is 0 Å². The van der Waals surface area contributed by atoms with E-state index in [9.17, 15) is 4.79 Å². The van der Waals surface area contributed by atoms with Crippen molar-refractivity contribution >= 4 is 17.1 Å². The van der Waals surface area contributed by atoms with E-state index in [1.54, 1.807) is 5.38 Å². The number of thiazole rings is 1. The Labute approximate surface area is 125 Å². The Bertz CT molecular complexity index is 763. The normalized spacial score (nSPS) is 12.3. The van der Waals surface area contributed by atoms with E-state index in [1.165, 1.54) is 22.2 Å². The van der Waals surface area contributed by atoms with Gasteiger partial charge in [-0.2, -0.15) is 0 Å². The van der Waals surface area contributed by atoms with Gasteiger partial charge in [0.1, 0.15) is 16.4 Å². The van der Waals surface area contributed by atoms with E-state index in [1.807, 2.05) is 37.3 Å². The van der Waals surface area contributed by atoms with E-state index in [0.717, 1.165) is 10.7 Å². The fraction of sp³-hybridized carbons (Fsp3) is 0.143. The van der Waals surface area contributed by atoms with Gasteiger partial charge in [-0.15, -0.1) is 16.4 Å². The second-order valence-electron chi connectivity index (χ2n) is 4.56. The fourth-order valence-electron chi connectivity index (χ4n) is 1.88. The number of ketones is 1. The van der Waals surface area contributed by atoms with Crippen molar-refractivity contribution in [3.63, 3.8) is 0 Å². The van der Waals surface area contributed by atoms with Crippen molar-refractivity contribution in [2.75, 3.05) is 0 Å². The van der Waals surface area contributed by atoms with Crippen LogP contribution in [0.1, 0.15) is 34.2 Å². The van der Waals surface area contributed by atoms with Gasteiger partial charge < -0.3 is 5.73 Å². The SMILES string of the molecule is CC(N)c1nc(C(=O)c2cnnn2-c2ccccc2)cs1. The van der Waals surface area contributed by atoms with Crippen molar-refractivity contribution in [3.8, 4) is 5.69 Å². The number of nitrogens with two attached hydrogens (primary N) is 1. The molecule has 3 aromatic rings. The lowest BCUT2D eigenvalue weighted by molar-refractivity contribution is 0.102. The third-order valence-corrected chi connectivity index (χ3v) is 3.97. The summed E-state index contributed by atoms with van der Waals surface area (Å²) in [5.41, 5.74) is 7.30. The molecule has 0 aliphatic heterocycles. The Morgan fingerprint density at radius 3 is 2.76 bits per heavy atom. The zero-order chi connectivity index (χ0) is 14.8. The number of hydrogen-bond acceptors (Lipinski definition) is 6. The molecule has 2 aromatic heterocycles. The van der Waals surface area contributed by atoms with E-state index in [-0.39, 0.29) is 11.8 Å². The van der Waals surface area contributed by atoms with E-state index in [0.29, 0.717) is 11.4 Å². The van der Waals surface area contributed by atoms with Crippen LogP contribution in [0, 0.1) is 0 Å². The van der Waals surface area contributed by atoms with Crippen LogP contribution in [-0.2, 0) is 0 Å². The minimum atomic E-state index is -0.216. The fourth-order valence-corrected chi connectivity index (χ4v) is 2.64. The monoisotopic (exact) mass is 299 g/mol. The lowest BCUT2D eigenvalue weighted by Gasteiger charge is -2.03. The summed E-state index contributed by atoms with van der Waals surface area (Å²) in [5, 5.41) is 10.2. The Kier molecular flexibility index (Phi) is 3.59. The number of rotatable bonds is 4. The molecule has 0 amide bonds. The summed E-state index contributed by atoms with van der Waals surface area (Å²) >= 11 is 1.38. The predicted octanol–water partition coefficient (Wildman–Crippen LogP) is 1.97. The van der Waals surface area contributed by atoms with Gasteiger partial charge in [0.05, 0.1) is 17.9 Å². The van der Waals surface area contributed by atoms with Crippen LogP contribution < -0.4 is 5.73 Å². The van der Waals surface area contributed by atoms with Crippen LogP contribution in [0.2, 0.25) is 0 Å². The van der Waals surface area contributed by atoms with Crippen LogP contribution in [-0.4, -0.2) is 25.8 Å². The molecule has 2 heterocycles. The van der Waals surface area contributed by atoms with Crippen LogP contribution in [0.15, 0.2) is 41.9 Å². The van der Waals surface area contributed by atoms with Crippen LogP contribution >= 0.6 is 11.3 Å². The molecule has 6 nitrogen and oxygen atoms in total. The zero-order valence-corrected chi connectivity index (χ0v) is 12.1. The predicted molar refractivity (Wildman–Crippen MR) is 79.5 cm³/mol. The van der Waals surface area contributed by atoms with Gasteiger partial charge in [-0.3, -0.25) is 4.79 Å². The van der Waals surface area contributed by atoms with Crippen LogP contribution in [0.25, 0.3) is 5.69 Å². The summed E-state index contributed by atoms with van der Waals surface area (Å²) in [7, 11) is 0. The van der Waals surface area contributed by atoms with E-state index < -0.39 is 0 Å². The minimum Gasteiger partial charge on any atom is -0.322 e. The lowest BCUT2D eigenvalue weighted by atomic mass is 10.2. The van der Waals surface area contributed by atoms with Crippen LogP contribution in [0.5, 0.6) is 0 Å². The molecule has 0 fully saturated rings. The minimum absolute atomic E-state index is 0.186. The molecule has 1 unspecified atom stereocenters. The average Bonchev–Trinajstić information content (AvgIpc) is 3.17. The van der Waals surface area contributed by atoms with Gasteiger partial charge in [-0.05, 0) is 19.1 Å². The smallest absolute Gasteiger partial charge is 0.232 e. The summed E-state index contributed by atoms with van der Waals surface area (Å²) in [5.74, 6) is -0.216. The van der Waals surface area contributed by atoms with Gasteiger partial charge in [-0.25, -0.2) is 9.67 Å². The number of carbonyl (C=O) groups excluding carboxylic acids is 1. The molecule has 2 N–H and O–H groups in total. The maximum absolute atomic E-state index is 12.5. The van der Waals surface area contributed by atoms with Crippen LogP contribution in [0.4, 0.5) is 0 Å². The summed E-state index contributed by atoms with van der Waals surface area (Å²) in [6.07, 6.45) is 1.44. The Morgan fingerprint density at radius 1 is 1.33 bits per heavy atom. The first kappa shape index (κ1) is 13.6. The molecule has 0 saturated heterocycles. The standard InChI is InChI=1S/C14H13N5OS/c1-9(15)14-17-11(8-21-14)13(20)12-7-16-18-19(12)10-5-3-2-4-6-10/h2-9H,15H2,1H3. The van der Waals surface area contributed by atoms with Crippen molar-refractivity contribution in [3.05, 3.63) is 58.3 Å². The topological polar surface area (TPSA) is 86.7 Å². The number of nitrogens with zero attached hydrogens (tertiary/aromatic N) is 4. The second kappa shape index (κ2) is 5.55. The highest BCUT2D eigenvalue weighted by Crippen LogP contribution is 2.19. The number of aromatic nitrogens is 4. The Hall–Kier alpha value is -2.38. The van der Waals surface area contributed by atoms with Crippen molar-refractivity contribution in [2.24, 2.45) is 5.73 Å². The first-order valence-electron chi connectivity index (χ1n) is 6.38. The summed E-state index contributed by atoms with van der Waals surface area (Å²) in [6, 6.07) is 9.19. The Balaban J connectivity index is 1.97. The van der Waals surface area contributed by atoms with Gasteiger partial charge in [0.15, 0.2) is 0 Å². The number of carbonyl (C=O) groups is 1. The van der Waals surface area contributed by atoms with Gasteiger partial charge in [0.2, 0.25) is 5.78 Å². The Morgan fingerprint density at radius 2 is 2.10 bits per heavy atom. The van der Waals surface area contributed by atoms with Gasteiger partial charge in [-0.1, -0.05) is 23.4 Å². The molecule has 0 aliphatic carbocycles. The largest absolute Gasteiger partial charge is 0.322 e. The molecule has 0 aliphatic rings. The highest BCUT2D eigenvalue weighted by atomic mass is 32.1. The molecule has 0 radical (unpaired) electrons. The van der Waals surface area contributed by atoms with Crippen molar-refractivity contribution in [2.45, 2.75) is 13.0 Å². The summed E-state index contributed by atoms with van der Waals surface area (Å²) in [6.45, 7) is 1.84. The average molecular weight is 299 g/mol. The molecule has 21 heavy (non-hydrogen) atoms. The molecule has 0 bridgehead atoms. The van der Waals surface area contributed by atoms with Gasteiger partial charge in [0, 0.05) is 5.38 Å². The number of benzene rings is 1. The maximum atomic E-state index is 12.5. The molecule has 106 valence electrons. The molecule has 7 heteroatoms. The molecule has 0 spiro atoms. The highest BCUT2D eigenvalue weighted by Gasteiger charge is 2.20. The molecular formula is C14H13N5OS. The number of para-hydroxylation sites is 1. The first-order chi connectivity index (χ1) is 10.2. The molecule has 0 saturated carbocycles. The third kappa shape index (κ3) is 2.61. The molecule has 1 atom stereocenters. The molecule has 1 aromatic carbocycles. The van der Waals surface area contributed by atoms with Gasteiger partial charge in [0.25, 0.3) is 0 Å². The lowest BCUT2D eigenvalue weighted by Crippen LogP contribution is -2.11. The quantitative estimate of drug-likeness (QED) is 0.744. The highest BCUT2D eigenvalue weighted by molar-refractivity contribution is 7.09. The second-order valence-corrected chi connectivity index (χ2v) is 5.45. The first-order valence-corrected chi connectivity index (χ1v) is 7.26. The third-order valence-electron chi connectivity index (χ3n) is 2.93. The molecule has 3 rings (SSSR count). The van der Waals surface area contributed by atoms with Crippen molar-refractivity contribution in [1.82, 2.24) is 20.0 Å². The summed E-state index contributed by atoms with van der Waals surface area (Å²) < 4.78 is 1.51. The van der Waals surface area contributed by atoms with Gasteiger partial charge >= 0.3 is 0 Å². The van der Waals surface area contributed by atoms with Crippen molar-refractivity contribution < 1.29 is 4.79 Å². The number of hydrogen-bond donors (Lipinski definition) is 1. The van der Waals surface area contributed by atoms with E-state index in [4.69, 9.17) is 5.73 Å². The summed E-state index contributed by atoms with van der Waals surface area (Å²) in [4.78, 5) is 16.8.